The van der Waals surface area contributed by atoms with Crippen LogP contribution in [0.2, 0.25) is 0 Å². The van der Waals surface area contributed by atoms with Crippen molar-refractivity contribution in [2.75, 3.05) is 11.9 Å². The molecule has 2 aromatic rings. The Labute approximate surface area is 166 Å². The van der Waals surface area contributed by atoms with Crippen molar-refractivity contribution in [3.63, 3.8) is 0 Å². The summed E-state index contributed by atoms with van der Waals surface area (Å²) in [7, 11) is 0. The van der Waals surface area contributed by atoms with Crippen LogP contribution in [0.4, 0.5) is 16.2 Å². The summed E-state index contributed by atoms with van der Waals surface area (Å²) in [5.74, 6) is -1.15. The molecule has 1 aliphatic heterocycles. The van der Waals surface area contributed by atoms with Gasteiger partial charge in [-0.25, -0.2) is 4.79 Å². The molecule has 150 valence electrons. The van der Waals surface area contributed by atoms with Crippen LogP contribution in [0.1, 0.15) is 24.5 Å². The average molecular weight is 396 g/mol. The highest BCUT2D eigenvalue weighted by Crippen LogP contribution is 2.32. The predicted octanol–water partition coefficient (Wildman–Crippen LogP) is 2.70. The summed E-state index contributed by atoms with van der Waals surface area (Å²) >= 11 is 0. The average Bonchev–Trinajstić information content (AvgIpc) is 2.95. The lowest BCUT2D eigenvalue weighted by Crippen LogP contribution is -2.44. The zero-order chi connectivity index (χ0) is 21.2. The maximum absolute atomic E-state index is 13.0. The Balaban J connectivity index is 1.77. The molecule has 2 aromatic carbocycles. The summed E-state index contributed by atoms with van der Waals surface area (Å²) in [4.78, 5) is 49.2. The number of carbonyl (C=O) groups is 3. The van der Waals surface area contributed by atoms with Crippen molar-refractivity contribution in [1.29, 1.82) is 0 Å². The van der Waals surface area contributed by atoms with Crippen LogP contribution in [-0.2, 0) is 15.1 Å². The van der Waals surface area contributed by atoms with E-state index in [1.54, 1.807) is 44.2 Å². The quantitative estimate of drug-likeness (QED) is 0.442. The first-order valence-electron chi connectivity index (χ1n) is 9.03. The van der Waals surface area contributed by atoms with Crippen LogP contribution in [0.5, 0.6) is 0 Å². The van der Waals surface area contributed by atoms with Gasteiger partial charge in [-0.1, -0.05) is 43.3 Å². The van der Waals surface area contributed by atoms with Gasteiger partial charge in [0.25, 0.3) is 11.6 Å². The van der Waals surface area contributed by atoms with Crippen LogP contribution in [0.25, 0.3) is 0 Å². The van der Waals surface area contributed by atoms with Gasteiger partial charge in [-0.3, -0.25) is 24.6 Å². The van der Waals surface area contributed by atoms with Gasteiger partial charge < -0.3 is 10.6 Å². The van der Waals surface area contributed by atoms with Crippen molar-refractivity contribution in [2.24, 2.45) is 0 Å². The standard InChI is InChI=1S/C20H20N4O5/c1-3-20(14-7-5-4-6-8-14)18(26)23(19(27)22-20)12-17(25)21-15-10-9-13(2)16(11-15)24(28)29/h4-11H,3,12H2,1-2H3,(H,21,25)(H,22,27)/t20-/m0/s1. The number of amides is 4. The van der Waals surface area contributed by atoms with E-state index in [4.69, 9.17) is 0 Å². The Morgan fingerprint density at radius 3 is 2.52 bits per heavy atom. The SMILES string of the molecule is CC[C@@]1(c2ccccc2)NC(=O)N(CC(=O)Nc2ccc(C)c([N+](=O)[O-])c2)C1=O. The number of nitro benzene ring substituents is 1. The first-order chi connectivity index (χ1) is 13.8. The van der Waals surface area contributed by atoms with E-state index >= 15 is 0 Å². The van der Waals surface area contributed by atoms with Gasteiger partial charge in [-0.2, -0.15) is 0 Å². The smallest absolute Gasteiger partial charge is 0.324 e. The molecule has 29 heavy (non-hydrogen) atoms. The van der Waals surface area contributed by atoms with Crippen LogP contribution >= 0.6 is 0 Å². The molecule has 3 rings (SSSR count). The minimum absolute atomic E-state index is 0.133. The summed E-state index contributed by atoms with van der Waals surface area (Å²) in [6.45, 7) is 2.87. The Bertz CT molecular complexity index is 992. The molecule has 1 fully saturated rings. The molecule has 9 heteroatoms. The third-order valence-corrected chi connectivity index (χ3v) is 4.96. The molecule has 1 atom stereocenters. The third-order valence-electron chi connectivity index (χ3n) is 4.96. The molecule has 2 N–H and O–H groups in total. The normalized spacial score (nSPS) is 18.5. The number of nitro groups is 1. The second-order valence-corrected chi connectivity index (χ2v) is 6.75. The minimum Gasteiger partial charge on any atom is -0.324 e. The second-order valence-electron chi connectivity index (χ2n) is 6.75. The molecule has 0 aliphatic carbocycles. The lowest BCUT2D eigenvalue weighted by Gasteiger charge is -2.25. The Kier molecular flexibility index (Phi) is 5.31. The zero-order valence-electron chi connectivity index (χ0n) is 16.0. The number of aryl methyl sites for hydroxylation is 1. The molecule has 9 nitrogen and oxygen atoms in total. The Hall–Kier alpha value is -3.75. The number of benzene rings is 2. The summed E-state index contributed by atoms with van der Waals surface area (Å²) < 4.78 is 0. The fourth-order valence-electron chi connectivity index (χ4n) is 3.36. The number of carbonyl (C=O) groups excluding carboxylic acids is 3. The monoisotopic (exact) mass is 396 g/mol. The van der Waals surface area contributed by atoms with Crippen molar-refractivity contribution >= 4 is 29.2 Å². The number of hydrogen-bond donors (Lipinski definition) is 2. The molecular formula is C20H20N4O5. The van der Waals surface area contributed by atoms with Gasteiger partial charge >= 0.3 is 6.03 Å². The van der Waals surface area contributed by atoms with Crippen molar-refractivity contribution in [3.8, 4) is 0 Å². The number of urea groups is 1. The highest BCUT2D eigenvalue weighted by Gasteiger charge is 2.51. The fraction of sp³-hybridized carbons (Fsp3) is 0.250. The van der Waals surface area contributed by atoms with E-state index in [9.17, 15) is 24.5 Å². The van der Waals surface area contributed by atoms with E-state index in [0.717, 1.165) is 4.90 Å². The van der Waals surface area contributed by atoms with E-state index in [1.807, 2.05) is 0 Å². The van der Waals surface area contributed by atoms with Gasteiger partial charge in [-0.15, -0.1) is 0 Å². The van der Waals surface area contributed by atoms with Crippen LogP contribution < -0.4 is 10.6 Å². The maximum atomic E-state index is 13.0. The molecule has 0 saturated carbocycles. The summed E-state index contributed by atoms with van der Waals surface area (Å²) in [6.07, 6.45) is 0.323. The van der Waals surface area contributed by atoms with Gasteiger partial charge in [-0.05, 0) is 25.0 Å². The first kappa shape index (κ1) is 20.0. The lowest BCUT2D eigenvalue weighted by molar-refractivity contribution is -0.385. The lowest BCUT2D eigenvalue weighted by atomic mass is 9.87. The number of anilines is 1. The summed E-state index contributed by atoms with van der Waals surface area (Å²) in [5.41, 5.74) is -0.0481. The molecule has 0 spiro atoms. The van der Waals surface area contributed by atoms with Crippen molar-refractivity contribution < 1.29 is 19.3 Å². The zero-order valence-corrected chi connectivity index (χ0v) is 16.0. The number of hydrogen-bond acceptors (Lipinski definition) is 5. The summed E-state index contributed by atoms with van der Waals surface area (Å²) in [6, 6.07) is 12.4. The van der Waals surface area contributed by atoms with Gasteiger partial charge in [0, 0.05) is 17.3 Å². The van der Waals surface area contributed by atoms with Crippen LogP contribution in [0, 0.1) is 17.0 Å². The molecule has 4 amide bonds. The van der Waals surface area contributed by atoms with E-state index in [0.29, 0.717) is 17.5 Å². The van der Waals surface area contributed by atoms with Gasteiger partial charge in [0.1, 0.15) is 12.1 Å². The van der Waals surface area contributed by atoms with E-state index in [-0.39, 0.29) is 11.4 Å². The second kappa shape index (κ2) is 7.70. The molecule has 0 bridgehead atoms. The van der Waals surface area contributed by atoms with Gasteiger partial charge in [0.2, 0.25) is 5.91 Å². The van der Waals surface area contributed by atoms with Crippen LogP contribution in [0.15, 0.2) is 48.5 Å². The largest absolute Gasteiger partial charge is 0.325 e. The van der Waals surface area contributed by atoms with Crippen molar-refractivity contribution in [3.05, 3.63) is 69.8 Å². The number of nitrogens with one attached hydrogen (secondary N) is 2. The highest BCUT2D eigenvalue weighted by molar-refractivity contribution is 6.10. The number of imide groups is 1. The highest BCUT2D eigenvalue weighted by atomic mass is 16.6. The van der Waals surface area contributed by atoms with E-state index < -0.39 is 34.9 Å². The molecule has 1 heterocycles. The van der Waals surface area contributed by atoms with Crippen molar-refractivity contribution in [1.82, 2.24) is 10.2 Å². The van der Waals surface area contributed by atoms with Gasteiger partial charge in [0.15, 0.2) is 0 Å². The molecule has 0 aromatic heterocycles. The van der Waals surface area contributed by atoms with Crippen LogP contribution in [-0.4, -0.2) is 34.2 Å². The fourth-order valence-corrected chi connectivity index (χ4v) is 3.36. The Morgan fingerprint density at radius 2 is 1.90 bits per heavy atom. The topological polar surface area (TPSA) is 122 Å². The van der Waals surface area contributed by atoms with Gasteiger partial charge in [0.05, 0.1) is 4.92 Å². The molecule has 1 saturated heterocycles. The molecular weight excluding hydrogens is 376 g/mol. The Morgan fingerprint density at radius 1 is 1.21 bits per heavy atom. The van der Waals surface area contributed by atoms with E-state index in [2.05, 4.69) is 10.6 Å². The summed E-state index contributed by atoms with van der Waals surface area (Å²) in [5, 5.41) is 16.3. The molecule has 0 unspecified atom stereocenters. The van der Waals surface area contributed by atoms with Crippen molar-refractivity contribution in [2.45, 2.75) is 25.8 Å². The maximum Gasteiger partial charge on any atom is 0.325 e. The first-order valence-corrected chi connectivity index (χ1v) is 9.03. The van der Waals surface area contributed by atoms with Crippen LogP contribution in [0.3, 0.4) is 0 Å². The predicted molar refractivity (Wildman–Crippen MR) is 105 cm³/mol. The number of nitrogens with zero attached hydrogens (tertiary/aromatic N) is 2. The molecule has 0 radical (unpaired) electrons. The minimum atomic E-state index is -1.22. The number of rotatable bonds is 6. The van der Waals surface area contributed by atoms with E-state index in [1.165, 1.54) is 18.2 Å². The third kappa shape index (κ3) is 3.66. The molecule has 1 aliphatic rings.